The number of nitrogens with zero attached hydrogens (tertiary/aromatic N) is 1. The molecule has 1 saturated heterocycles. The van der Waals surface area contributed by atoms with Crippen molar-refractivity contribution in [3.63, 3.8) is 0 Å². The molecule has 1 heterocycles. The Hall–Kier alpha value is -1.80. The summed E-state index contributed by atoms with van der Waals surface area (Å²) >= 11 is 0. The van der Waals surface area contributed by atoms with E-state index in [1.165, 1.54) is 11.3 Å². The molecule has 0 bridgehead atoms. The summed E-state index contributed by atoms with van der Waals surface area (Å²) in [6, 6.07) is 22.1. The van der Waals surface area contributed by atoms with E-state index in [1.807, 2.05) is 0 Å². The largest absolute Gasteiger partial charge is 0.364 e. The van der Waals surface area contributed by atoms with Gasteiger partial charge in [0.1, 0.15) is 0 Å². The molecule has 2 N–H and O–H groups in total. The van der Waals surface area contributed by atoms with Crippen molar-refractivity contribution in [1.29, 1.82) is 0 Å². The minimum Gasteiger partial charge on any atom is -0.364 e. The van der Waals surface area contributed by atoms with Crippen molar-refractivity contribution < 1.29 is 0 Å². The van der Waals surface area contributed by atoms with Crippen molar-refractivity contribution in [1.82, 2.24) is 0 Å². The van der Waals surface area contributed by atoms with Gasteiger partial charge in [-0.25, -0.2) is 0 Å². The van der Waals surface area contributed by atoms with Crippen LogP contribution in [0, 0.1) is 0 Å². The van der Waals surface area contributed by atoms with Crippen LogP contribution in [0.5, 0.6) is 0 Å². The summed E-state index contributed by atoms with van der Waals surface area (Å²) in [5.74, 6) is 0. The normalized spacial score (nSPS) is 23.3. The van der Waals surface area contributed by atoms with Gasteiger partial charge in [-0.1, -0.05) is 48.5 Å². The van der Waals surface area contributed by atoms with Crippen molar-refractivity contribution in [2.45, 2.75) is 24.9 Å². The van der Waals surface area contributed by atoms with E-state index in [4.69, 9.17) is 5.73 Å². The molecule has 0 aromatic heterocycles. The van der Waals surface area contributed by atoms with Crippen molar-refractivity contribution in [3.05, 3.63) is 66.2 Å². The third kappa shape index (κ3) is 2.64. The van der Waals surface area contributed by atoms with Crippen molar-refractivity contribution in [3.8, 4) is 0 Å². The van der Waals surface area contributed by atoms with Crippen molar-refractivity contribution in [2.24, 2.45) is 5.73 Å². The molecule has 98 valence electrons. The number of para-hydroxylation sites is 1. The molecule has 2 nitrogen and oxygen atoms in total. The maximum Gasteiger partial charge on any atom is 0.0557 e. The fourth-order valence-electron chi connectivity index (χ4n) is 2.91. The summed E-state index contributed by atoms with van der Waals surface area (Å²) in [6.07, 6.45) is 2.09. The average molecular weight is 252 g/mol. The Labute approximate surface area is 114 Å². The molecule has 3 rings (SSSR count). The van der Waals surface area contributed by atoms with E-state index in [0.717, 1.165) is 19.4 Å². The van der Waals surface area contributed by atoms with Crippen LogP contribution in [0.25, 0.3) is 0 Å². The van der Waals surface area contributed by atoms with Crippen LogP contribution in [0.1, 0.15) is 24.4 Å². The molecule has 2 heteroatoms. The zero-order chi connectivity index (χ0) is 13.1. The third-order valence-electron chi connectivity index (χ3n) is 3.92. The first-order valence-electron chi connectivity index (χ1n) is 6.97. The fourth-order valence-corrected chi connectivity index (χ4v) is 2.91. The highest BCUT2D eigenvalue weighted by Gasteiger charge is 2.27. The van der Waals surface area contributed by atoms with Gasteiger partial charge in [0.25, 0.3) is 0 Å². The van der Waals surface area contributed by atoms with Crippen LogP contribution < -0.4 is 10.6 Å². The number of hydrogen-bond donors (Lipinski definition) is 1. The highest BCUT2D eigenvalue weighted by Crippen LogP contribution is 2.34. The molecule has 1 aliphatic rings. The van der Waals surface area contributed by atoms with Gasteiger partial charge in [0, 0.05) is 18.3 Å². The van der Waals surface area contributed by atoms with Crippen LogP contribution in [0.15, 0.2) is 60.7 Å². The minimum absolute atomic E-state index is 0.310. The summed E-state index contributed by atoms with van der Waals surface area (Å²) in [5, 5.41) is 0. The van der Waals surface area contributed by atoms with Crippen LogP contribution in [0.2, 0.25) is 0 Å². The lowest BCUT2D eigenvalue weighted by molar-refractivity contribution is 0.420. The molecule has 0 amide bonds. The van der Waals surface area contributed by atoms with Crippen LogP contribution in [0.3, 0.4) is 0 Å². The first-order chi connectivity index (χ1) is 9.34. The smallest absolute Gasteiger partial charge is 0.0557 e. The summed E-state index contributed by atoms with van der Waals surface area (Å²) in [4.78, 5) is 2.48. The van der Waals surface area contributed by atoms with Crippen molar-refractivity contribution in [2.75, 3.05) is 11.4 Å². The Balaban J connectivity index is 1.93. The van der Waals surface area contributed by atoms with Crippen LogP contribution >= 0.6 is 0 Å². The number of rotatable bonds is 2. The van der Waals surface area contributed by atoms with Gasteiger partial charge in [0.15, 0.2) is 0 Å². The van der Waals surface area contributed by atoms with Gasteiger partial charge in [0.2, 0.25) is 0 Å². The molecule has 2 unspecified atom stereocenters. The number of benzene rings is 2. The molecule has 2 atom stereocenters. The predicted molar refractivity (Wildman–Crippen MR) is 80.2 cm³/mol. The summed E-state index contributed by atoms with van der Waals surface area (Å²) in [7, 11) is 0. The number of piperidine rings is 1. The van der Waals surface area contributed by atoms with Crippen LogP contribution in [-0.4, -0.2) is 12.6 Å². The van der Waals surface area contributed by atoms with Gasteiger partial charge < -0.3 is 10.6 Å². The maximum atomic E-state index is 6.18. The average Bonchev–Trinajstić information content (AvgIpc) is 2.49. The van der Waals surface area contributed by atoms with E-state index in [0.29, 0.717) is 12.1 Å². The van der Waals surface area contributed by atoms with Gasteiger partial charge in [-0.05, 0) is 30.5 Å². The lowest BCUT2D eigenvalue weighted by Gasteiger charge is -2.40. The Kier molecular flexibility index (Phi) is 3.51. The number of hydrogen-bond acceptors (Lipinski definition) is 2. The van der Waals surface area contributed by atoms with E-state index in [-0.39, 0.29) is 0 Å². The molecule has 19 heavy (non-hydrogen) atoms. The highest BCUT2D eigenvalue weighted by molar-refractivity contribution is 5.49. The lowest BCUT2D eigenvalue weighted by atomic mass is 9.91. The van der Waals surface area contributed by atoms with E-state index in [2.05, 4.69) is 65.6 Å². The van der Waals surface area contributed by atoms with Gasteiger partial charge in [-0.2, -0.15) is 0 Å². The Bertz CT molecular complexity index is 509. The quantitative estimate of drug-likeness (QED) is 0.888. The fraction of sp³-hybridized carbons (Fsp3) is 0.294. The first kappa shape index (κ1) is 12.2. The molecule has 2 aromatic rings. The molecular formula is C17H20N2. The predicted octanol–water partition coefficient (Wildman–Crippen LogP) is 3.36. The van der Waals surface area contributed by atoms with Gasteiger partial charge in [-0.3, -0.25) is 0 Å². The zero-order valence-electron chi connectivity index (χ0n) is 11.1. The molecule has 0 saturated carbocycles. The number of anilines is 1. The SMILES string of the molecule is NC1CCN(c2ccccc2)C(c2ccccc2)C1. The van der Waals surface area contributed by atoms with Crippen molar-refractivity contribution >= 4 is 5.69 Å². The van der Waals surface area contributed by atoms with Crippen LogP contribution in [0.4, 0.5) is 5.69 Å². The van der Waals surface area contributed by atoms with E-state index in [1.54, 1.807) is 0 Å². The number of nitrogens with two attached hydrogens (primary N) is 1. The lowest BCUT2D eigenvalue weighted by Crippen LogP contribution is -2.42. The highest BCUT2D eigenvalue weighted by atomic mass is 15.2. The Morgan fingerprint density at radius 2 is 1.53 bits per heavy atom. The Morgan fingerprint density at radius 3 is 2.21 bits per heavy atom. The summed E-state index contributed by atoms with van der Waals surface area (Å²) in [6.45, 7) is 1.03. The van der Waals surface area contributed by atoms with Gasteiger partial charge >= 0.3 is 0 Å². The molecule has 1 aliphatic heterocycles. The third-order valence-corrected chi connectivity index (χ3v) is 3.92. The van der Waals surface area contributed by atoms with E-state index in [9.17, 15) is 0 Å². The Morgan fingerprint density at radius 1 is 0.895 bits per heavy atom. The second-order valence-corrected chi connectivity index (χ2v) is 5.24. The van der Waals surface area contributed by atoms with E-state index < -0.39 is 0 Å². The summed E-state index contributed by atoms with van der Waals surface area (Å²) in [5.41, 5.74) is 8.83. The zero-order valence-corrected chi connectivity index (χ0v) is 11.1. The van der Waals surface area contributed by atoms with Gasteiger partial charge in [-0.15, -0.1) is 0 Å². The molecule has 2 aromatic carbocycles. The second-order valence-electron chi connectivity index (χ2n) is 5.24. The molecular weight excluding hydrogens is 232 g/mol. The molecule has 0 aliphatic carbocycles. The molecule has 0 spiro atoms. The topological polar surface area (TPSA) is 29.3 Å². The monoisotopic (exact) mass is 252 g/mol. The molecule has 0 radical (unpaired) electrons. The second kappa shape index (κ2) is 5.45. The van der Waals surface area contributed by atoms with E-state index >= 15 is 0 Å². The first-order valence-corrected chi connectivity index (χ1v) is 6.97. The molecule has 1 fully saturated rings. The van der Waals surface area contributed by atoms with Gasteiger partial charge in [0.05, 0.1) is 6.04 Å². The minimum atomic E-state index is 0.310. The summed E-state index contributed by atoms with van der Waals surface area (Å²) < 4.78 is 0. The standard InChI is InChI=1S/C17H20N2/c18-15-11-12-19(16-9-5-2-6-10-16)17(13-15)14-7-3-1-4-8-14/h1-10,15,17H,11-13,18H2. The van der Waals surface area contributed by atoms with Crippen LogP contribution in [-0.2, 0) is 0 Å². The maximum absolute atomic E-state index is 6.18.